The molecule has 20 heavy (non-hydrogen) atoms. The van der Waals surface area contributed by atoms with Crippen molar-refractivity contribution in [1.82, 2.24) is 10.2 Å². The average Bonchev–Trinajstić information content (AvgIpc) is 3.13. The first-order valence-corrected chi connectivity index (χ1v) is 8.31. The van der Waals surface area contributed by atoms with Crippen LogP contribution in [0.2, 0.25) is 0 Å². The maximum atomic E-state index is 12.1. The van der Waals surface area contributed by atoms with Gasteiger partial charge in [0.2, 0.25) is 5.91 Å². The summed E-state index contributed by atoms with van der Waals surface area (Å²) in [5, 5.41) is 3.50. The molecular formula is C16H31N3O. The number of nitrogens with one attached hydrogen (secondary N) is 1. The van der Waals surface area contributed by atoms with E-state index < -0.39 is 5.54 Å². The molecule has 1 amide bonds. The molecule has 4 nitrogen and oxygen atoms in total. The molecular weight excluding hydrogens is 250 g/mol. The molecule has 2 fully saturated rings. The normalized spacial score (nSPS) is 30.4. The van der Waals surface area contributed by atoms with Crippen LogP contribution in [-0.2, 0) is 4.79 Å². The van der Waals surface area contributed by atoms with E-state index in [2.05, 4.69) is 31.0 Å². The third-order valence-corrected chi connectivity index (χ3v) is 5.04. The Morgan fingerprint density at radius 3 is 2.60 bits per heavy atom. The van der Waals surface area contributed by atoms with Crippen molar-refractivity contribution in [2.45, 2.75) is 76.9 Å². The average molecular weight is 281 g/mol. The SMILES string of the molecule is CCN(CCC1CCCC1(NC(C)C)C(N)=O)C1CC1. The number of primary amides is 1. The summed E-state index contributed by atoms with van der Waals surface area (Å²) in [6.45, 7) is 8.67. The summed E-state index contributed by atoms with van der Waals surface area (Å²) in [5.41, 5.74) is 5.31. The van der Waals surface area contributed by atoms with Gasteiger partial charge in [0.15, 0.2) is 0 Å². The molecule has 2 rings (SSSR count). The van der Waals surface area contributed by atoms with Gasteiger partial charge in [-0.1, -0.05) is 13.3 Å². The number of nitrogens with two attached hydrogens (primary N) is 1. The van der Waals surface area contributed by atoms with Crippen LogP contribution in [0, 0.1) is 5.92 Å². The van der Waals surface area contributed by atoms with Crippen LogP contribution in [0.25, 0.3) is 0 Å². The highest BCUT2D eigenvalue weighted by Crippen LogP contribution is 2.39. The summed E-state index contributed by atoms with van der Waals surface area (Å²) in [7, 11) is 0. The quantitative estimate of drug-likeness (QED) is 0.714. The minimum absolute atomic E-state index is 0.150. The molecule has 0 spiro atoms. The molecule has 0 aromatic rings. The van der Waals surface area contributed by atoms with Gasteiger partial charge in [0.05, 0.1) is 0 Å². The Labute approximate surface area is 123 Å². The number of hydrogen-bond donors (Lipinski definition) is 2. The zero-order chi connectivity index (χ0) is 14.8. The van der Waals surface area contributed by atoms with E-state index >= 15 is 0 Å². The van der Waals surface area contributed by atoms with Crippen molar-refractivity contribution in [1.29, 1.82) is 0 Å². The van der Waals surface area contributed by atoms with E-state index in [1.807, 2.05) is 0 Å². The largest absolute Gasteiger partial charge is 0.368 e. The molecule has 0 aromatic heterocycles. The van der Waals surface area contributed by atoms with Gasteiger partial charge in [-0.25, -0.2) is 0 Å². The van der Waals surface area contributed by atoms with Crippen molar-refractivity contribution in [2.75, 3.05) is 13.1 Å². The Morgan fingerprint density at radius 1 is 1.40 bits per heavy atom. The highest BCUT2D eigenvalue weighted by Gasteiger charge is 2.47. The Kier molecular flexibility index (Phi) is 5.08. The van der Waals surface area contributed by atoms with Crippen molar-refractivity contribution in [3.8, 4) is 0 Å². The lowest BCUT2D eigenvalue weighted by molar-refractivity contribution is -0.126. The first-order valence-electron chi connectivity index (χ1n) is 8.31. The molecule has 2 saturated carbocycles. The van der Waals surface area contributed by atoms with Crippen LogP contribution in [-0.4, -0.2) is 41.5 Å². The molecule has 0 aromatic carbocycles. The van der Waals surface area contributed by atoms with E-state index in [4.69, 9.17) is 5.73 Å². The maximum Gasteiger partial charge on any atom is 0.238 e. The van der Waals surface area contributed by atoms with Gasteiger partial charge >= 0.3 is 0 Å². The smallest absolute Gasteiger partial charge is 0.238 e. The summed E-state index contributed by atoms with van der Waals surface area (Å²) < 4.78 is 0. The fourth-order valence-corrected chi connectivity index (χ4v) is 3.93. The van der Waals surface area contributed by atoms with E-state index in [1.54, 1.807) is 0 Å². The monoisotopic (exact) mass is 281 g/mol. The zero-order valence-electron chi connectivity index (χ0n) is 13.3. The standard InChI is InChI=1S/C16H31N3O/c1-4-19(14-7-8-14)11-9-13-6-5-10-16(13,15(17)20)18-12(2)3/h12-14,18H,4-11H2,1-3H3,(H2,17,20). The highest BCUT2D eigenvalue weighted by atomic mass is 16.1. The molecule has 4 heteroatoms. The molecule has 0 saturated heterocycles. The van der Waals surface area contributed by atoms with Crippen LogP contribution in [0.1, 0.15) is 59.3 Å². The summed E-state index contributed by atoms with van der Waals surface area (Å²) in [5.74, 6) is 0.248. The molecule has 2 unspecified atom stereocenters. The van der Waals surface area contributed by atoms with E-state index in [9.17, 15) is 4.79 Å². The van der Waals surface area contributed by atoms with Gasteiger partial charge < -0.3 is 16.0 Å². The molecule has 2 aliphatic rings. The Morgan fingerprint density at radius 2 is 2.10 bits per heavy atom. The van der Waals surface area contributed by atoms with Gasteiger partial charge in [-0.3, -0.25) is 4.79 Å². The molecule has 3 N–H and O–H groups in total. The second-order valence-corrected chi connectivity index (χ2v) is 6.87. The fraction of sp³-hybridized carbons (Fsp3) is 0.938. The molecule has 0 aliphatic heterocycles. The number of hydrogen-bond acceptors (Lipinski definition) is 3. The van der Waals surface area contributed by atoms with Crippen molar-refractivity contribution >= 4 is 5.91 Å². The van der Waals surface area contributed by atoms with Crippen molar-refractivity contribution < 1.29 is 4.79 Å². The lowest BCUT2D eigenvalue weighted by Crippen LogP contribution is -2.60. The second kappa shape index (κ2) is 6.44. The van der Waals surface area contributed by atoms with Gasteiger partial charge in [-0.2, -0.15) is 0 Å². The highest BCUT2D eigenvalue weighted by molar-refractivity contribution is 5.85. The van der Waals surface area contributed by atoms with Crippen LogP contribution >= 0.6 is 0 Å². The first-order chi connectivity index (χ1) is 9.49. The number of rotatable bonds is 8. The minimum atomic E-state index is -0.461. The molecule has 0 bridgehead atoms. The van der Waals surface area contributed by atoms with Crippen molar-refractivity contribution in [3.05, 3.63) is 0 Å². The number of amides is 1. The zero-order valence-corrected chi connectivity index (χ0v) is 13.3. The molecule has 0 radical (unpaired) electrons. The Bertz CT molecular complexity index is 341. The van der Waals surface area contributed by atoms with E-state index in [0.29, 0.717) is 12.0 Å². The fourth-order valence-electron chi connectivity index (χ4n) is 3.93. The number of carbonyl (C=O) groups is 1. The Hall–Kier alpha value is -0.610. The molecule has 0 heterocycles. The molecule has 2 atom stereocenters. The topological polar surface area (TPSA) is 58.4 Å². The molecule has 116 valence electrons. The lowest BCUT2D eigenvalue weighted by atomic mass is 9.83. The van der Waals surface area contributed by atoms with Gasteiger partial charge in [0, 0.05) is 12.1 Å². The molecule has 2 aliphatic carbocycles. The van der Waals surface area contributed by atoms with Crippen LogP contribution in [0.5, 0.6) is 0 Å². The van der Waals surface area contributed by atoms with Crippen molar-refractivity contribution in [2.24, 2.45) is 11.7 Å². The summed E-state index contributed by atoms with van der Waals surface area (Å²) >= 11 is 0. The second-order valence-electron chi connectivity index (χ2n) is 6.87. The van der Waals surface area contributed by atoms with Gasteiger partial charge in [0.1, 0.15) is 5.54 Å². The van der Waals surface area contributed by atoms with E-state index in [1.165, 1.54) is 12.8 Å². The van der Waals surface area contributed by atoms with Crippen LogP contribution in [0.4, 0.5) is 0 Å². The lowest BCUT2D eigenvalue weighted by Gasteiger charge is -2.36. The predicted octanol–water partition coefficient (Wildman–Crippen LogP) is 1.88. The van der Waals surface area contributed by atoms with Crippen LogP contribution in [0.3, 0.4) is 0 Å². The summed E-state index contributed by atoms with van der Waals surface area (Å²) in [4.78, 5) is 14.6. The summed E-state index contributed by atoms with van der Waals surface area (Å²) in [6.07, 6.45) is 6.94. The predicted molar refractivity (Wildman–Crippen MR) is 82.4 cm³/mol. The van der Waals surface area contributed by atoms with E-state index in [-0.39, 0.29) is 5.91 Å². The number of nitrogens with zero attached hydrogens (tertiary/aromatic N) is 1. The Balaban J connectivity index is 1.98. The summed E-state index contributed by atoms with van der Waals surface area (Å²) in [6, 6.07) is 1.11. The minimum Gasteiger partial charge on any atom is -0.368 e. The van der Waals surface area contributed by atoms with Crippen LogP contribution in [0.15, 0.2) is 0 Å². The maximum absolute atomic E-state index is 12.1. The van der Waals surface area contributed by atoms with Gasteiger partial charge in [0.25, 0.3) is 0 Å². The first kappa shape index (κ1) is 15.8. The van der Waals surface area contributed by atoms with E-state index in [0.717, 1.165) is 44.8 Å². The van der Waals surface area contributed by atoms with Crippen molar-refractivity contribution in [3.63, 3.8) is 0 Å². The third kappa shape index (κ3) is 3.34. The van der Waals surface area contributed by atoms with Crippen LogP contribution < -0.4 is 11.1 Å². The number of carbonyl (C=O) groups excluding carboxylic acids is 1. The van der Waals surface area contributed by atoms with Gasteiger partial charge in [-0.15, -0.1) is 0 Å². The van der Waals surface area contributed by atoms with Gasteiger partial charge in [-0.05, 0) is 65.0 Å². The third-order valence-electron chi connectivity index (χ3n) is 5.04.